The van der Waals surface area contributed by atoms with Crippen LogP contribution >= 0.6 is 0 Å². The number of aromatic nitrogens is 1. The smallest absolute Gasteiger partial charge is 0.200 e. The second kappa shape index (κ2) is 8.47. The van der Waals surface area contributed by atoms with E-state index < -0.39 is 0 Å². The molecule has 198 valence electrons. The van der Waals surface area contributed by atoms with Crippen LogP contribution in [0, 0.1) is 0 Å². The van der Waals surface area contributed by atoms with Crippen molar-refractivity contribution >= 4 is 65.7 Å². The molecule has 0 bridgehead atoms. The molecule has 41 heavy (non-hydrogen) atoms. The minimum Gasteiger partial charge on any atom is -0.497 e. The number of hydrogen-bond donors (Lipinski definition) is 0. The minimum absolute atomic E-state index is 0.176. The molecule has 5 aromatic carbocycles. The summed E-state index contributed by atoms with van der Waals surface area (Å²) in [6.07, 6.45) is 0. The summed E-state index contributed by atoms with van der Waals surface area (Å²) >= 11 is 0. The molecule has 0 saturated heterocycles. The monoisotopic (exact) mass is 539 g/mol. The van der Waals surface area contributed by atoms with Crippen molar-refractivity contribution in [3.63, 3.8) is 0 Å². The Balaban J connectivity index is 1.49. The van der Waals surface area contributed by atoms with Gasteiger partial charge in [-0.3, -0.25) is 9.59 Å². The van der Waals surface area contributed by atoms with Crippen LogP contribution < -0.4 is 20.3 Å². The van der Waals surface area contributed by atoms with Gasteiger partial charge in [0, 0.05) is 10.8 Å². The van der Waals surface area contributed by atoms with E-state index in [0.29, 0.717) is 49.6 Å². The molecule has 0 radical (unpaired) electrons. The van der Waals surface area contributed by atoms with Crippen LogP contribution in [-0.4, -0.2) is 18.8 Å². The molecule has 8 rings (SSSR count). The van der Waals surface area contributed by atoms with Gasteiger partial charge in [-0.25, -0.2) is 0 Å². The number of nitrogens with zero attached hydrogens (tertiary/aromatic N) is 1. The van der Waals surface area contributed by atoms with Crippen LogP contribution in [0.25, 0.3) is 71.4 Å². The predicted octanol–water partition coefficient (Wildman–Crippen LogP) is 7.32. The highest BCUT2D eigenvalue weighted by Gasteiger charge is 2.20. The molecule has 7 heteroatoms. The number of para-hydroxylation sites is 2. The van der Waals surface area contributed by atoms with Gasteiger partial charge in [0.15, 0.2) is 5.58 Å². The molecule has 3 heterocycles. The first-order valence-corrected chi connectivity index (χ1v) is 13.1. The van der Waals surface area contributed by atoms with E-state index in [1.54, 1.807) is 50.6 Å². The zero-order valence-corrected chi connectivity index (χ0v) is 22.1. The van der Waals surface area contributed by atoms with Crippen LogP contribution in [0.2, 0.25) is 0 Å². The van der Waals surface area contributed by atoms with Crippen LogP contribution in [0.15, 0.2) is 109 Å². The molecule has 0 unspecified atom stereocenters. The number of methoxy groups -OCH3 is 2. The third-order valence-electron chi connectivity index (χ3n) is 7.79. The lowest BCUT2D eigenvalue weighted by Crippen LogP contribution is -2.07. The van der Waals surface area contributed by atoms with E-state index in [2.05, 4.69) is 4.57 Å². The Hall–Kier alpha value is -5.56. The van der Waals surface area contributed by atoms with Gasteiger partial charge in [0.05, 0.1) is 52.5 Å². The van der Waals surface area contributed by atoms with Crippen LogP contribution in [-0.2, 0) is 0 Å². The van der Waals surface area contributed by atoms with Gasteiger partial charge in [-0.2, -0.15) is 0 Å². The summed E-state index contributed by atoms with van der Waals surface area (Å²) in [5.41, 5.74) is 3.68. The lowest BCUT2D eigenvalue weighted by Gasteiger charge is -2.12. The standard InChI is InChI=1S/C34H21NO6/c1-38-18-10-12-26-22(14-18)23-15-19(39-2)11-13-27(23)35(26)28-8-5-7-21-33(37)25-16-30-24(17-31(25)41-34(21)28)32(36)20-6-3-4-9-29(20)40-30/h3-17H,1-2H3. The van der Waals surface area contributed by atoms with E-state index in [1.807, 2.05) is 54.6 Å². The van der Waals surface area contributed by atoms with E-state index in [9.17, 15) is 9.59 Å². The fourth-order valence-electron chi connectivity index (χ4n) is 5.83. The van der Waals surface area contributed by atoms with Crippen molar-refractivity contribution < 1.29 is 18.3 Å². The zero-order chi connectivity index (χ0) is 27.8. The molecule has 7 nitrogen and oxygen atoms in total. The number of benzene rings is 5. The van der Waals surface area contributed by atoms with Gasteiger partial charge < -0.3 is 22.9 Å². The maximum Gasteiger partial charge on any atom is 0.200 e. The lowest BCUT2D eigenvalue weighted by atomic mass is 10.1. The Bertz CT molecular complexity index is 2440. The van der Waals surface area contributed by atoms with E-state index in [-0.39, 0.29) is 10.9 Å². The van der Waals surface area contributed by atoms with Gasteiger partial charge in [-0.1, -0.05) is 18.2 Å². The van der Waals surface area contributed by atoms with Crippen molar-refractivity contribution in [2.75, 3.05) is 14.2 Å². The molecule has 0 amide bonds. The first-order chi connectivity index (χ1) is 20.1. The van der Waals surface area contributed by atoms with Crippen molar-refractivity contribution in [1.29, 1.82) is 0 Å². The second-order valence-corrected chi connectivity index (χ2v) is 9.96. The number of hydrogen-bond acceptors (Lipinski definition) is 6. The largest absolute Gasteiger partial charge is 0.497 e. The Morgan fingerprint density at radius 1 is 0.537 bits per heavy atom. The molecular weight excluding hydrogens is 518 g/mol. The van der Waals surface area contributed by atoms with E-state index >= 15 is 0 Å². The minimum atomic E-state index is -0.204. The van der Waals surface area contributed by atoms with Gasteiger partial charge in [-0.05, 0) is 72.8 Å². The van der Waals surface area contributed by atoms with Crippen molar-refractivity contribution in [2.45, 2.75) is 0 Å². The second-order valence-electron chi connectivity index (χ2n) is 9.96. The number of fused-ring (bicyclic) bond motifs is 7. The van der Waals surface area contributed by atoms with Crippen LogP contribution in [0.5, 0.6) is 11.5 Å². The highest BCUT2D eigenvalue weighted by molar-refractivity contribution is 6.11. The highest BCUT2D eigenvalue weighted by atomic mass is 16.5. The molecular formula is C34H21NO6. The summed E-state index contributed by atoms with van der Waals surface area (Å²) in [5, 5.41) is 3.53. The van der Waals surface area contributed by atoms with Crippen LogP contribution in [0.3, 0.4) is 0 Å². The molecule has 0 aliphatic heterocycles. The first-order valence-electron chi connectivity index (χ1n) is 13.1. The quantitative estimate of drug-likeness (QED) is 0.219. The molecule has 0 aliphatic carbocycles. The third kappa shape index (κ3) is 3.26. The van der Waals surface area contributed by atoms with Crippen molar-refractivity contribution in [3.8, 4) is 17.2 Å². The molecule has 3 aromatic heterocycles. The average molecular weight is 540 g/mol. The lowest BCUT2D eigenvalue weighted by molar-refractivity contribution is 0.415. The van der Waals surface area contributed by atoms with E-state index in [1.165, 1.54) is 0 Å². The Labute approximate surface area is 231 Å². The van der Waals surface area contributed by atoms with Crippen LogP contribution in [0.4, 0.5) is 0 Å². The molecule has 0 saturated carbocycles. The molecule has 0 spiro atoms. The number of ether oxygens (including phenoxy) is 2. The number of rotatable bonds is 3. The van der Waals surface area contributed by atoms with Crippen molar-refractivity contribution in [2.24, 2.45) is 0 Å². The summed E-state index contributed by atoms with van der Waals surface area (Å²) in [7, 11) is 3.27. The molecule has 8 aromatic rings. The van der Waals surface area contributed by atoms with Gasteiger partial charge in [-0.15, -0.1) is 0 Å². The van der Waals surface area contributed by atoms with Gasteiger partial charge in [0.2, 0.25) is 10.9 Å². The fourth-order valence-corrected chi connectivity index (χ4v) is 5.83. The SMILES string of the molecule is COc1ccc2c(c1)c1cc(OC)ccc1n2-c1cccc2c(=O)c3cc4oc5ccccc5c(=O)c4cc3oc12. The zero-order valence-electron chi connectivity index (χ0n) is 22.1. The molecule has 0 atom stereocenters. The Morgan fingerprint density at radius 2 is 1.12 bits per heavy atom. The Kier molecular flexibility index (Phi) is 4.82. The van der Waals surface area contributed by atoms with Crippen molar-refractivity contribution in [1.82, 2.24) is 4.57 Å². The summed E-state index contributed by atoms with van der Waals surface area (Å²) in [4.78, 5) is 27.2. The third-order valence-corrected chi connectivity index (χ3v) is 7.79. The first kappa shape index (κ1) is 23.3. The van der Waals surface area contributed by atoms with Gasteiger partial charge in [0.25, 0.3) is 0 Å². The normalized spacial score (nSPS) is 11.9. The highest BCUT2D eigenvalue weighted by Crippen LogP contribution is 2.38. The maximum atomic E-state index is 13.9. The molecule has 0 fully saturated rings. The average Bonchev–Trinajstić information content (AvgIpc) is 3.33. The topological polar surface area (TPSA) is 83.8 Å². The van der Waals surface area contributed by atoms with Crippen molar-refractivity contribution in [3.05, 3.63) is 111 Å². The fraction of sp³-hybridized carbons (Fsp3) is 0.0588. The van der Waals surface area contributed by atoms with Gasteiger partial charge in [0.1, 0.15) is 28.2 Å². The molecule has 0 aliphatic rings. The Morgan fingerprint density at radius 3 is 1.78 bits per heavy atom. The summed E-state index contributed by atoms with van der Waals surface area (Å²) in [6, 6.07) is 27.6. The summed E-state index contributed by atoms with van der Waals surface area (Å²) < 4.78 is 25.6. The maximum absolute atomic E-state index is 13.9. The van der Waals surface area contributed by atoms with E-state index in [0.717, 1.165) is 33.3 Å². The van der Waals surface area contributed by atoms with Crippen LogP contribution in [0.1, 0.15) is 0 Å². The summed E-state index contributed by atoms with van der Waals surface area (Å²) in [6.45, 7) is 0. The van der Waals surface area contributed by atoms with Gasteiger partial charge >= 0.3 is 0 Å². The predicted molar refractivity (Wildman–Crippen MR) is 161 cm³/mol. The summed E-state index contributed by atoms with van der Waals surface area (Å²) in [5.74, 6) is 1.46. The molecule has 0 N–H and O–H groups in total. The van der Waals surface area contributed by atoms with E-state index in [4.69, 9.17) is 18.3 Å².